The van der Waals surface area contributed by atoms with Crippen molar-refractivity contribution in [1.29, 1.82) is 0 Å². The predicted molar refractivity (Wildman–Crippen MR) is 74.3 cm³/mol. The van der Waals surface area contributed by atoms with Gasteiger partial charge < -0.3 is 4.42 Å². The van der Waals surface area contributed by atoms with E-state index in [2.05, 4.69) is 6.92 Å². The highest BCUT2D eigenvalue weighted by Gasteiger charge is 2.13. The van der Waals surface area contributed by atoms with Gasteiger partial charge in [-0.15, -0.1) is 0 Å². The van der Waals surface area contributed by atoms with Gasteiger partial charge in [0.2, 0.25) is 0 Å². The topological polar surface area (TPSA) is 30.2 Å². The molecule has 2 nitrogen and oxygen atoms in total. The maximum absolute atomic E-state index is 12.0. The third-order valence-corrected chi connectivity index (χ3v) is 3.33. The number of benzene rings is 1. The second-order valence-corrected chi connectivity index (χ2v) is 4.91. The molecule has 0 atom stereocenters. The van der Waals surface area contributed by atoms with Gasteiger partial charge in [0.05, 0.1) is 5.02 Å². The van der Waals surface area contributed by atoms with Gasteiger partial charge in [-0.2, -0.15) is 0 Å². The minimum absolute atomic E-state index is 0.0679. The molecule has 0 aliphatic heterocycles. The van der Waals surface area contributed by atoms with Gasteiger partial charge in [0, 0.05) is 11.8 Å². The Balaban J connectivity index is 2.06. The van der Waals surface area contributed by atoms with E-state index in [-0.39, 0.29) is 5.78 Å². The number of Topliss-reactive ketones (excluding diaryl/α,β-unsaturated/α-hetero) is 1. The summed E-state index contributed by atoms with van der Waals surface area (Å²) in [6.07, 6.45) is 4.94. The fraction of sp³-hybridized carbons (Fsp3) is 0.400. The lowest BCUT2D eigenvalue weighted by atomic mass is 10.1. The summed E-state index contributed by atoms with van der Waals surface area (Å²) >= 11 is 6.02. The first-order valence-corrected chi connectivity index (χ1v) is 6.81. The zero-order valence-electron chi connectivity index (χ0n) is 10.5. The molecule has 0 N–H and O–H groups in total. The van der Waals surface area contributed by atoms with Crippen LogP contribution in [0.5, 0.6) is 0 Å². The minimum atomic E-state index is 0.0679. The lowest BCUT2D eigenvalue weighted by Gasteiger charge is -1.97. The summed E-state index contributed by atoms with van der Waals surface area (Å²) in [4.78, 5) is 12.0. The van der Waals surface area contributed by atoms with Crippen LogP contribution in [0.1, 0.15) is 49.6 Å². The van der Waals surface area contributed by atoms with E-state index in [1.165, 1.54) is 12.8 Å². The number of para-hydroxylation sites is 1. The standard InChI is InChI=1S/C15H17ClO2/c1-2-3-4-5-9-13(17)14-10-11-7-6-8-12(16)15(11)18-14/h6-8,10H,2-5,9H2,1H3. The highest BCUT2D eigenvalue weighted by Crippen LogP contribution is 2.27. The number of carbonyl (C=O) groups excluding carboxylic acids is 1. The average Bonchev–Trinajstić information content (AvgIpc) is 2.80. The van der Waals surface area contributed by atoms with Crippen LogP contribution in [0.25, 0.3) is 11.0 Å². The number of fused-ring (bicyclic) bond motifs is 1. The molecule has 1 heterocycles. The van der Waals surface area contributed by atoms with Gasteiger partial charge in [0.1, 0.15) is 0 Å². The Labute approximate surface area is 112 Å². The van der Waals surface area contributed by atoms with Crippen LogP contribution in [0.4, 0.5) is 0 Å². The lowest BCUT2D eigenvalue weighted by Crippen LogP contribution is -1.96. The molecule has 0 amide bonds. The molecule has 18 heavy (non-hydrogen) atoms. The summed E-state index contributed by atoms with van der Waals surface area (Å²) in [5.74, 6) is 0.493. The summed E-state index contributed by atoms with van der Waals surface area (Å²) in [6.45, 7) is 2.16. The van der Waals surface area contributed by atoms with Gasteiger partial charge in [0.25, 0.3) is 0 Å². The molecular weight excluding hydrogens is 248 g/mol. The SMILES string of the molecule is CCCCCCC(=O)c1cc2cccc(Cl)c2o1. The Morgan fingerprint density at radius 3 is 2.83 bits per heavy atom. The zero-order valence-corrected chi connectivity index (χ0v) is 11.3. The molecule has 0 aliphatic carbocycles. The van der Waals surface area contributed by atoms with Crippen LogP contribution >= 0.6 is 11.6 Å². The van der Waals surface area contributed by atoms with Crippen LogP contribution in [0.2, 0.25) is 5.02 Å². The number of carbonyl (C=O) groups is 1. The molecule has 0 aliphatic rings. The molecule has 0 radical (unpaired) electrons. The molecule has 0 saturated heterocycles. The van der Waals surface area contributed by atoms with Crippen molar-refractivity contribution in [1.82, 2.24) is 0 Å². The number of ketones is 1. The quantitative estimate of drug-likeness (QED) is 0.528. The minimum Gasteiger partial charge on any atom is -0.451 e. The molecule has 1 aromatic carbocycles. The number of hydrogen-bond donors (Lipinski definition) is 0. The van der Waals surface area contributed by atoms with Crippen molar-refractivity contribution < 1.29 is 9.21 Å². The normalized spacial score (nSPS) is 11.0. The van der Waals surface area contributed by atoms with Crippen molar-refractivity contribution in [3.05, 3.63) is 35.0 Å². The van der Waals surface area contributed by atoms with Crippen molar-refractivity contribution >= 4 is 28.4 Å². The summed E-state index contributed by atoms with van der Waals surface area (Å²) in [7, 11) is 0. The molecule has 96 valence electrons. The highest BCUT2D eigenvalue weighted by molar-refractivity contribution is 6.34. The first kappa shape index (κ1) is 13.2. The van der Waals surface area contributed by atoms with Crippen LogP contribution < -0.4 is 0 Å². The predicted octanol–water partition coefficient (Wildman–Crippen LogP) is 5.24. The monoisotopic (exact) mass is 264 g/mol. The number of rotatable bonds is 6. The van der Waals surface area contributed by atoms with Crippen LogP contribution in [-0.4, -0.2) is 5.78 Å². The number of hydrogen-bond acceptors (Lipinski definition) is 2. The van der Waals surface area contributed by atoms with Crippen molar-refractivity contribution in [3.63, 3.8) is 0 Å². The van der Waals surface area contributed by atoms with E-state index in [4.69, 9.17) is 16.0 Å². The molecule has 0 saturated carbocycles. The van der Waals surface area contributed by atoms with E-state index in [9.17, 15) is 4.79 Å². The first-order valence-electron chi connectivity index (χ1n) is 6.43. The van der Waals surface area contributed by atoms with Gasteiger partial charge in [-0.05, 0) is 18.6 Å². The van der Waals surface area contributed by atoms with E-state index in [1.54, 1.807) is 12.1 Å². The Bertz CT molecular complexity index is 542. The van der Waals surface area contributed by atoms with E-state index < -0.39 is 0 Å². The van der Waals surface area contributed by atoms with Gasteiger partial charge in [-0.1, -0.05) is 49.9 Å². The van der Waals surface area contributed by atoms with Gasteiger partial charge >= 0.3 is 0 Å². The van der Waals surface area contributed by atoms with E-state index in [1.807, 2.05) is 12.1 Å². The fourth-order valence-corrected chi connectivity index (χ4v) is 2.22. The van der Waals surface area contributed by atoms with Crippen molar-refractivity contribution in [2.24, 2.45) is 0 Å². The number of halogens is 1. The smallest absolute Gasteiger partial charge is 0.198 e. The highest BCUT2D eigenvalue weighted by atomic mass is 35.5. The van der Waals surface area contributed by atoms with E-state index in [0.717, 1.165) is 18.2 Å². The molecule has 2 aromatic rings. The first-order chi connectivity index (χ1) is 8.72. The van der Waals surface area contributed by atoms with E-state index in [0.29, 0.717) is 22.8 Å². The molecule has 3 heteroatoms. The summed E-state index contributed by atoms with van der Waals surface area (Å²) in [5.41, 5.74) is 0.607. The molecule has 0 bridgehead atoms. The van der Waals surface area contributed by atoms with Crippen molar-refractivity contribution in [2.45, 2.75) is 39.0 Å². The van der Waals surface area contributed by atoms with Crippen LogP contribution in [0.3, 0.4) is 0 Å². The second-order valence-electron chi connectivity index (χ2n) is 4.50. The maximum Gasteiger partial charge on any atom is 0.198 e. The Kier molecular flexibility index (Phi) is 4.43. The summed E-state index contributed by atoms with van der Waals surface area (Å²) in [5, 5.41) is 1.44. The van der Waals surface area contributed by atoms with Gasteiger partial charge in [-0.25, -0.2) is 0 Å². The molecule has 1 aromatic heterocycles. The lowest BCUT2D eigenvalue weighted by molar-refractivity contribution is 0.0954. The third-order valence-electron chi connectivity index (χ3n) is 3.03. The Hall–Kier alpha value is -1.28. The molecule has 0 spiro atoms. The molecule has 0 fully saturated rings. The fourth-order valence-electron chi connectivity index (χ4n) is 2.00. The van der Waals surface area contributed by atoms with Gasteiger partial charge in [-0.3, -0.25) is 4.79 Å². The molecule has 0 unspecified atom stereocenters. The Morgan fingerprint density at radius 2 is 2.11 bits per heavy atom. The van der Waals surface area contributed by atoms with Crippen molar-refractivity contribution in [3.8, 4) is 0 Å². The Morgan fingerprint density at radius 1 is 1.28 bits per heavy atom. The molecular formula is C15H17ClO2. The van der Waals surface area contributed by atoms with Crippen LogP contribution in [-0.2, 0) is 0 Å². The zero-order chi connectivity index (χ0) is 13.0. The molecule has 2 rings (SSSR count). The largest absolute Gasteiger partial charge is 0.451 e. The van der Waals surface area contributed by atoms with E-state index >= 15 is 0 Å². The maximum atomic E-state index is 12.0. The van der Waals surface area contributed by atoms with Crippen LogP contribution in [0, 0.1) is 0 Å². The summed E-state index contributed by atoms with van der Waals surface area (Å²) in [6, 6.07) is 7.31. The van der Waals surface area contributed by atoms with Crippen LogP contribution in [0.15, 0.2) is 28.7 Å². The van der Waals surface area contributed by atoms with Crippen molar-refractivity contribution in [2.75, 3.05) is 0 Å². The third kappa shape index (κ3) is 2.94. The number of furan rings is 1. The second kappa shape index (κ2) is 6.05. The average molecular weight is 265 g/mol. The number of unbranched alkanes of at least 4 members (excludes halogenated alkanes) is 3. The van der Waals surface area contributed by atoms with Gasteiger partial charge in [0.15, 0.2) is 17.1 Å². The summed E-state index contributed by atoms with van der Waals surface area (Å²) < 4.78 is 5.54.